The number of aliphatic carboxylic acids is 1. The lowest BCUT2D eigenvalue weighted by Crippen LogP contribution is -2.26. The van der Waals surface area contributed by atoms with Crippen molar-refractivity contribution in [2.75, 3.05) is 14.2 Å². The number of carbonyl (C=O) groups excluding carboxylic acids is 1. The van der Waals surface area contributed by atoms with Gasteiger partial charge < -0.3 is 14.7 Å². The molecule has 1 aromatic carbocycles. The molecule has 1 rings (SSSR count). The van der Waals surface area contributed by atoms with Crippen LogP contribution in [-0.4, -0.2) is 36.0 Å². The first kappa shape index (κ1) is 15.0. The zero-order valence-electron chi connectivity index (χ0n) is 11.5. The van der Waals surface area contributed by atoms with Crippen LogP contribution in [0.3, 0.4) is 0 Å². The first-order valence-corrected chi connectivity index (χ1v) is 6.03. The monoisotopic (exact) mass is 265 g/mol. The Labute approximate surface area is 112 Å². The molecule has 0 unspecified atom stereocenters. The number of hydrogen-bond acceptors (Lipinski definition) is 3. The van der Waals surface area contributed by atoms with Crippen molar-refractivity contribution in [1.29, 1.82) is 0 Å². The fourth-order valence-electron chi connectivity index (χ4n) is 1.81. The summed E-state index contributed by atoms with van der Waals surface area (Å²) >= 11 is 0. The minimum absolute atomic E-state index is 0.0287. The third kappa shape index (κ3) is 4.62. The summed E-state index contributed by atoms with van der Waals surface area (Å²) in [6, 6.07) is 5.72. The van der Waals surface area contributed by atoms with E-state index < -0.39 is 5.97 Å². The molecule has 0 bridgehead atoms. The summed E-state index contributed by atoms with van der Waals surface area (Å²) in [5.41, 5.74) is 2.00. The molecule has 0 aliphatic heterocycles. The molecule has 0 atom stereocenters. The Kier molecular flexibility index (Phi) is 5.36. The van der Waals surface area contributed by atoms with Gasteiger partial charge in [-0.25, -0.2) is 0 Å². The summed E-state index contributed by atoms with van der Waals surface area (Å²) in [6.07, 6.45) is -0.105. The normalized spacial score (nSPS) is 10.1. The van der Waals surface area contributed by atoms with Gasteiger partial charge in [0.25, 0.3) is 0 Å². The zero-order valence-corrected chi connectivity index (χ0v) is 11.5. The van der Waals surface area contributed by atoms with Crippen molar-refractivity contribution in [2.45, 2.75) is 26.3 Å². The Morgan fingerprint density at radius 2 is 2.00 bits per heavy atom. The van der Waals surface area contributed by atoms with Crippen LogP contribution < -0.4 is 4.74 Å². The highest BCUT2D eigenvalue weighted by Gasteiger charge is 2.11. The maximum atomic E-state index is 11.7. The number of aryl methyl sites for hydroxylation is 1. The van der Waals surface area contributed by atoms with E-state index in [2.05, 4.69) is 0 Å². The molecule has 0 aromatic heterocycles. The zero-order chi connectivity index (χ0) is 14.4. The Balaban J connectivity index is 2.61. The molecular weight excluding hydrogens is 246 g/mol. The maximum Gasteiger partial charge on any atom is 0.303 e. The predicted molar refractivity (Wildman–Crippen MR) is 71.1 cm³/mol. The SMILES string of the molecule is COc1ccc(CN(C)C(=O)CCC(=O)O)cc1C. The van der Waals surface area contributed by atoms with Gasteiger partial charge in [0.05, 0.1) is 13.5 Å². The second-order valence-electron chi connectivity index (χ2n) is 4.45. The molecule has 0 radical (unpaired) electrons. The Bertz CT molecular complexity index is 471. The molecule has 0 heterocycles. The molecule has 0 aliphatic rings. The van der Waals surface area contributed by atoms with Crippen molar-refractivity contribution in [2.24, 2.45) is 0 Å². The summed E-state index contributed by atoms with van der Waals surface area (Å²) < 4.78 is 5.17. The fraction of sp³-hybridized carbons (Fsp3) is 0.429. The van der Waals surface area contributed by atoms with E-state index in [-0.39, 0.29) is 18.7 Å². The van der Waals surface area contributed by atoms with Gasteiger partial charge in [-0.15, -0.1) is 0 Å². The molecule has 5 heteroatoms. The van der Waals surface area contributed by atoms with Gasteiger partial charge >= 0.3 is 5.97 Å². The van der Waals surface area contributed by atoms with Crippen LogP contribution in [0.5, 0.6) is 5.75 Å². The summed E-state index contributed by atoms with van der Waals surface area (Å²) in [4.78, 5) is 23.6. The predicted octanol–water partition coefficient (Wildman–Crippen LogP) is 1.83. The molecule has 5 nitrogen and oxygen atoms in total. The molecule has 0 aliphatic carbocycles. The van der Waals surface area contributed by atoms with E-state index in [1.165, 1.54) is 4.90 Å². The van der Waals surface area contributed by atoms with Gasteiger partial charge in [0, 0.05) is 20.0 Å². The molecule has 0 saturated heterocycles. The van der Waals surface area contributed by atoms with E-state index in [1.54, 1.807) is 14.2 Å². The number of methoxy groups -OCH3 is 1. The molecule has 0 spiro atoms. The third-order valence-corrected chi connectivity index (χ3v) is 2.86. The smallest absolute Gasteiger partial charge is 0.303 e. The highest BCUT2D eigenvalue weighted by atomic mass is 16.5. The minimum atomic E-state index is -0.956. The second kappa shape index (κ2) is 6.78. The summed E-state index contributed by atoms with van der Waals surface area (Å²) in [7, 11) is 3.29. The lowest BCUT2D eigenvalue weighted by atomic mass is 10.1. The van der Waals surface area contributed by atoms with Crippen LogP contribution in [0.15, 0.2) is 18.2 Å². The molecule has 0 fully saturated rings. The van der Waals surface area contributed by atoms with E-state index in [1.807, 2.05) is 25.1 Å². The number of hydrogen-bond donors (Lipinski definition) is 1. The van der Waals surface area contributed by atoms with E-state index >= 15 is 0 Å². The number of ether oxygens (including phenoxy) is 1. The third-order valence-electron chi connectivity index (χ3n) is 2.86. The number of carboxylic acids is 1. The molecule has 1 N–H and O–H groups in total. The second-order valence-corrected chi connectivity index (χ2v) is 4.45. The Morgan fingerprint density at radius 1 is 1.32 bits per heavy atom. The summed E-state index contributed by atoms with van der Waals surface area (Å²) in [5.74, 6) is -0.318. The quantitative estimate of drug-likeness (QED) is 0.852. The first-order valence-electron chi connectivity index (χ1n) is 6.03. The standard InChI is InChI=1S/C14H19NO4/c1-10-8-11(4-5-12(10)19-3)9-15(2)13(16)6-7-14(17)18/h4-5,8H,6-7,9H2,1-3H3,(H,17,18). The lowest BCUT2D eigenvalue weighted by molar-refractivity contribution is -0.140. The van der Waals surface area contributed by atoms with Crippen LogP contribution in [0.1, 0.15) is 24.0 Å². The number of amides is 1. The maximum absolute atomic E-state index is 11.7. The van der Waals surface area contributed by atoms with E-state index in [9.17, 15) is 9.59 Å². The average Bonchev–Trinajstić information content (AvgIpc) is 2.36. The van der Waals surface area contributed by atoms with Crippen LogP contribution in [0.4, 0.5) is 0 Å². The topological polar surface area (TPSA) is 66.8 Å². The van der Waals surface area contributed by atoms with Gasteiger partial charge in [-0.2, -0.15) is 0 Å². The Morgan fingerprint density at radius 3 is 2.53 bits per heavy atom. The van der Waals surface area contributed by atoms with Crippen molar-refractivity contribution >= 4 is 11.9 Å². The molecule has 0 saturated carbocycles. The van der Waals surface area contributed by atoms with Crippen LogP contribution in [0.25, 0.3) is 0 Å². The largest absolute Gasteiger partial charge is 0.496 e. The number of nitrogens with zero attached hydrogens (tertiary/aromatic N) is 1. The highest BCUT2D eigenvalue weighted by molar-refractivity contribution is 5.80. The van der Waals surface area contributed by atoms with E-state index in [0.717, 1.165) is 16.9 Å². The van der Waals surface area contributed by atoms with E-state index in [4.69, 9.17) is 9.84 Å². The van der Waals surface area contributed by atoms with Gasteiger partial charge in [-0.05, 0) is 24.1 Å². The van der Waals surface area contributed by atoms with Crippen molar-refractivity contribution in [3.05, 3.63) is 29.3 Å². The molecule has 19 heavy (non-hydrogen) atoms. The molecular formula is C14H19NO4. The first-order chi connectivity index (χ1) is 8.93. The van der Waals surface area contributed by atoms with Crippen LogP contribution in [0.2, 0.25) is 0 Å². The minimum Gasteiger partial charge on any atom is -0.496 e. The number of carboxylic acid groups (broad SMARTS) is 1. The summed E-state index contributed by atoms with van der Waals surface area (Å²) in [6.45, 7) is 2.40. The summed E-state index contributed by atoms with van der Waals surface area (Å²) in [5, 5.41) is 8.54. The van der Waals surface area contributed by atoms with Gasteiger partial charge in [0.15, 0.2) is 0 Å². The molecule has 1 amide bonds. The molecule has 1 aromatic rings. The van der Waals surface area contributed by atoms with Crippen LogP contribution in [-0.2, 0) is 16.1 Å². The number of carbonyl (C=O) groups is 2. The van der Waals surface area contributed by atoms with Gasteiger partial charge in [-0.3, -0.25) is 9.59 Å². The Hall–Kier alpha value is -2.04. The van der Waals surface area contributed by atoms with Crippen molar-refractivity contribution in [3.8, 4) is 5.75 Å². The van der Waals surface area contributed by atoms with Crippen molar-refractivity contribution < 1.29 is 19.4 Å². The number of rotatable bonds is 6. The average molecular weight is 265 g/mol. The van der Waals surface area contributed by atoms with Gasteiger partial charge in [-0.1, -0.05) is 12.1 Å². The van der Waals surface area contributed by atoms with Crippen molar-refractivity contribution in [1.82, 2.24) is 4.90 Å². The van der Waals surface area contributed by atoms with Crippen LogP contribution >= 0.6 is 0 Å². The van der Waals surface area contributed by atoms with Crippen molar-refractivity contribution in [3.63, 3.8) is 0 Å². The fourth-order valence-corrected chi connectivity index (χ4v) is 1.81. The van der Waals surface area contributed by atoms with Crippen LogP contribution in [0, 0.1) is 6.92 Å². The van der Waals surface area contributed by atoms with E-state index in [0.29, 0.717) is 6.54 Å². The van der Waals surface area contributed by atoms with Gasteiger partial charge in [0.2, 0.25) is 5.91 Å². The number of benzene rings is 1. The van der Waals surface area contributed by atoms with Gasteiger partial charge in [0.1, 0.15) is 5.75 Å². The lowest BCUT2D eigenvalue weighted by Gasteiger charge is -2.17. The highest BCUT2D eigenvalue weighted by Crippen LogP contribution is 2.19. The molecule has 104 valence electrons.